The molecule has 2 N–H and O–H groups in total. The normalized spacial score (nSPS) is 15.2. The molecular formula is C13H11F2N3O2. The van der Waals surface area contributed by atoms with E-state index in [4.69, 9.17) is 0 Å². The summed E-state index contributed by atoms with van der Waals surface area (Å²) in [5, 5.41) is 15.4. The zero-order valence-electron chi connectivity index (χ0n) is 10.3. The summed E-state index contributed by atoms with van der Waals surface area (Å²) < 4.78 is 27.5. The van der Waals surface area contributed by atoms with Crippen LogP contribution in [0.5, 0.6) is 0 Å². The lowest BCUT2D eigenvalue weighted by atomic mass is 10.0. The number of carbonyl (C=O) groups excluding carboxylic acids is 1. The summed E-state index contributed by atoms with van der Waals surface area (Å²) in [5.74, 6) is -1.96. The number of nitrogens with one attached hydrogen (secondary N) is 1. The molecule has 1 fully saturated rings. The average Bonchev–Trinajstić information content (AvgIpc) is 2.83. The van der Waals surface area contributed by atoms with E-state index in [9.17, 15) is 18.7 Å². The third kappa shape index (κ3) is 1.96. The molecule has 0 unspecified atom stereocenters. The van der Waals surface area contributed by atoms with Crippen LogP contribution in [0.2, 0.25) is 0 Å². The largest absolute Gasteiger partial charge is 0.389 e. The molecule has 0 bridgehead atoms. The van der Waals surface area contributed by atoms with Crippen molar-refractivity contribution in [2.24, 2.45) is 0 Å². The fourth-order valence-corrected chi connectivity index (χ4v) is 2.17. The number of β-amino-alcohol motifs (C(OH)–C–C–N with tert-alkyl or cyclic N) is 1. The van der Waals surface area contributed by atoms with Crippen LogP contribution < -0.4 is 0 Å². The first-order valence-corrected chi connectivity index (χ1v) is 6.03. The van der Waals surface area contributed by atoms with E-state index in [2.05, 4.69) is 10.2 Å². The van der Waals surface area contributed by atoms with Gasteiger partial charge in [-0.15, -0.1) is 0 Å². The number of hydrogen-bond donors (Lipinski definition) is 2. The number of halogens is 2. The summed E-state index contributed by atoms with van der Waals surface area (Å²) in [6.45, 7) is 0.423. The first-order chi connectivity index (χ1) is 9.58. The Morgan fingerprint density at radius 3 is 2.60 bits per heavy atom. The molecule has 1 aliphatic rings. The number of hydrogen-bond acceptors (Lipinski definition) is 3. The molecule has 0 aliphatic carbocycles. The van der Waals surface area contributed by atoms with E-state index in [1.54, 1.807) is 0 Å². The van der Waals surface area contributed by atoms with Crippen LogP contribution >= 0.6 is 0 Å². The zero-order valence-corrected chi connectivity index (χ0v) is 10.3. The maximum Gasteiger partial charge on any atom is 0.257 e. The predicted molar refractivity (Wildman–Crippen MR) is 65.9 cm³/mol. The van der Waals surface area contributed by atoms with E-state index in [-0.39, 0.29) is 29.9 Å². The van der Waals surface area contributed by atoms with Crippen LogP contribution in [0.15, 0.2) is 24.4 Å². The number of carbonyl (C=O) groups is 1. The monoisotopic (exact) mass is 279 g/mol. The van der Waals surface area contributed by atoms with Crippen LogP contribution in [0.3, 0.4) is 0 Å². The Hall–Kier alpha value is -2.28. The summed E-state index contributed by atoms with van der Waals surface area (Å²) in [7, 11) is 0. The Labute approximate surface area is 112 Å². The van der Waals surface area contributed by atoms with Crippen LogP contribution in [0.4, 0.5) is 8.78 Å². The van der Waals surface area contributed by atoms with Gasteiger partial charge in [0.1, 0.15) is 11.6 Å². The molecule has 2 aromatic rings. The first-order valence-electron chi connectivity index (χ1n) is 6.03. The predicted octanol–water partition coefficient (Wildman–Crippen LogP) is 1.17. The molecule has 2 heterocycles. The number of rotatable bonds is 2. The standard InChI is InChI=1S/C13H11F2N3O2/c14-9-2-1-3-10(15)11(9)12-8(4-16-17-12)13(20)18-5-7(19)6-18/h1-4,7,19H,5-6H2,(H,16,17). The fourth-order valence-electron chi connectivity index (χ4n) is 2.17. The summed E-state index contributed by atoms with van der Waals surface area (Å²) in [6, 6.07) is 3.47. The Morgan fingerprint density at radius 2 is 2.00 bits per heavy atom. The lowest BCUT2D eigenvalue weighted by molar-refractivity contribution is 0.00595. The van der Waals surface area contributed by atoms with Crippen molar-refractivity contribution in [3.8, 4) is 11.3 Å². The van der Waals surface area contributed by atoms with Gasteiger partial charge in [0.15, 0.2) is 0 Å². The van der Waals surface area contributed by atoms with Crippen LogP contribution in [0.1, 0.15) is 10.4 Å². The van der Waals surface area contributed by atoms with Gasteiger partial charge in [-0.3, -0.25) is 9.89 Å². The number of nitrogens with zero attached hydrogens (tertiary/aromatic N) is 2. The van der Waals surface area contributed by atoms with Crippen molar-refractivity contribution in [1.82, 2.24) is 15.1 Å². The highest BCUT2D eigenvalue weighted by atomic mass is 19.1. The number of aliphatic hydroxyl groups is 1. The van der Waals surface area contributed by atoms with E-state index >= 15 is 0 Å². The number of amides is 1. The molecular weight excluding hydrogens is 268 g/mol. The van der Waals surface area contributed by atoms with Gasteiger partial charge in [-0.25, -0.2) is 8.78 Å². The Balaban J connectivity index is 2.00. The summed E-state index contributed by atoms with van der Waals surface area (Å²) in [6.07, 6.45) is 0.688. The van der Waals surface area contributed by atoms with Crippen LogP contribution in [-0.2, 0) is 0 Å². The SMILES string of the molecule is O=C(c1cn[nH]c1-c1c(F)cccc1F)N1CC(O)C1. The summed E-state index contributed by atoms with van der Waals surface area (Å²) in [5.41, 5.74) is -0.220. The lowest BCUT2D eigenvalue weighted by Gasteiger charge is -2.35. The van der Waals surface area contributed by atoms with Crippen LogP contribution in [0, 0.1) is 11.6 Å². The van der Waals surface area contributed by atoms with Gasteiger partial charge in [0.05, 0.1) is 29.1 Å². The minimum atomic E-state index is -0.771. The van der Waals surface area contributed by atoms with Crippen LogP contribution in [-0.4, -0.2) is 45.3 Å². The second kappa shape index (κ2) is 4.68. The van der Waals surface area contributed by atoms with Crippen molar-refractivity contribution in [1.29, 1.82) is 0 Å². The minimum absolute atomic E-state index is 0.00647. The van der Waals surface area contributed by atoms with Gasteiger partial charge in [0, 0.05) is 13.1 Å². The number of aromatic nitrogens is 2. The van der Waals surface area contributed by atoms with Crippen molar-refractivity contribution < 1.29 is 18.7 Å². The van der Waals surface area contributed by atoms with Gasteiger partial charge in [-0.1, -0.05) is 6.07 Å². The first kappa shape index (κ1) is 12.7. The third-order valence-electron chi connectivity index (χ3n) is 3.23. The molecule has 1 saturated heterocycles. The average molecular weight is 279 g/mol. The molecule has 0 spiro atoms. The molecule has 0 atom stereocenters. The second-order valence-electron chi connectivity index (χ2n) is 4.62. The molecule has 0 radical (unpaired) electrons. The van der Waals surface area contributed by atoms with Crippen molar-refractivity contribution in [3.05, 3.63) is 41.6 Å². The third-order valence-corrected chi connectivity index (χ3v) is 3.23. The number of aliphatic hydroxyl groups excluding tert-OH is 1. The highest BCUT2D eigenvalue weighted by Crippen LogP contribution is 2.28. The van der Waals surface area contributed by atoms with Gasteiger partial charge in [-0.05, 0) is 12.1 Å². The Kier molecular flexibility index (Phi) is 2.98. The van der Waals surface area contributed by atoms with E-state index < -0.39 is 23.6 Å². The molecule has 0 saturated carbocycles. The molecule has 1 aromatic carbocycles. The minimum Gasteiger partial charge on any atom is -0.389 e. The Bertz CT molecular complexity index is 645. The Morgan fingerprint density at radius 1 is 1.35 bits per heavy atom. The number of H-pyrrole nitrogens is 1. The van der Waals surface area contributed by atoms with Gasteiger partial charge in [0.2, 0.25) is 0 Å². The maximum atomic E-state index is 13.8. The van der Waals surface area contributed by atoms with Gasteiger partial charge >= 0.3 is 0 Å². The lowest BCUT2D eigenvalue weighted by Crippen LogP contribution is -2.53. The summed E-state index contributed by atoms with van der Waals surface area (Å²) in [4.78, 5) is 13.5. The smallest absolute Gasteiger partial charge is 0.257 e. The quantitative estimate of drug-likeness (QED) is 0.867. The fraction of sp³-hybridized carbons (Fsp3) is 0.231. The van der Waals surface area contributed by atoms with Crippen molar-refractivity contribution in [2.75, 3.05) is 13.1 Å². The maximum absolute atomic E-state index is 13.8. The van der Waals surface area contributed by atoms with E-state index in [0.717, 1.165) is 12.1 Å². The zero-order chi connectivity index (χ0) is 14.3. The van der Waals surface area contributed by atoms with E-state index in [1.165, 1.54) is 17.2 Å². The molecule has 1 aliphatic heterocycles. The molecule has 3 rings (SSSR count). The number of likely N-dealkylation sites (tertiary alicyclic amines) is 1. The van der Waals surface area contributed by atoms with Gasteiger partial charge in [-0.2, -0.15) is 5.10 Å². The second-order valence-corrected chi connectivity index (χ2v) is 4.62. The van der Waals surface area contributed by atoms with E-state index in [0.29, 0.717) is 0 Å². The topological polar surface area (TPSA) is 69.2 Å². The van der Waals surface area contributed by atoms with Gasteiger partial charge in [0.25, 0.3) is 5.91 Å². The number of aromatic amines is 1. The van der Waals surface area contributed by atoms with E-state index in [1.807, 2.05) is 0 Å². The molecule has 5 nitrogen and oxygen atoms in total. The molecule has 1 aromatic heterocycles. The van der Waals surface area contributed by atoms with Gasteiger partial charge < -0.3 is 10.0 Å². The van der Waals surface area contributed by atoms with Crippen molar-refractivity contribution >= 4 is 5.91 Å². The molecule has 104 valence electrons. The molecule has 7 heteroatoms. The highest BCUT2D eigenvalue weighted by molar-refractivity contribution is 6.00. The molecule has 20 heavy (non-hydrogen) atoms. The van der Waals surface area contributed by atoms with Crippen molar-refractivity contribution in [3.63, 3.8) is 0 Å². The molecule has 1 amide bonds. The highest BCUT2D eigenvalue weighted by Gasteiger charge is 2.32. The van der Waals surface area contributed by atoms with Crippen molar-refractivity contribution in [2.45, 2.75) is 6.10 Å². The summed E-state index contributed by atoms with van der Waals surface area (Å²) >= 11 is 0. The number of benzene rings is 1. The van der Waals surface area contributed by atoms with Crippen LogP contribution in [0.25, 0.3) is 11.3 Å².